The molecular weight excluding hydrogens is 528 g/mol. The fraction of sp³-hybridized carbons (Fsp3) is 0.586. The Hall–Kier alpha value is -3.04. The molecular formula is C29H38N6O4S. The highest BCUT2D eigenvalue weighted by molar-refractivity contribution is 7.16. The van der Waals surface area contributed by atoms with E-state index in [1.165, 1.54) is 11.3 Å². The van der Waals surface area contributed by atoms with Crippen molar-refractivity contribution in [3.05, 3.63) is 39.2 Å². The first-order chi connectivity index (χ1) is 19.4. The fourth-order valence-corrected chi connectivity index (χ4v) is 7.00. The maximum absolute atomic E-state index is 14.1. The van der Waals surface area contributed by atoms with Gasteiger partial charge in [-0.1, -0.05) is 13.3 Å². The average Bonchev–Trinajstić information content (AvgIpc) is 3.55. The van der Waals surface area contributed by atoms with Gasteiger partial charge in [-0.05, 0) is 57.7 Å². The number of nitrogens with zero attached hydrogens (tertiary/aromatic N) is 4. The lowest BCUT2D eigenvalue weighted by Crippen LogP contribution is -2.31. The molecule has 0 aromatic carbocycles. The molecule has 4 heterocycles. The summed E-state index contributed by atoms with van der Waals surface area (Å²) in [7, 11) is 2.10. The van der Waals surface area contributed by atoms with Gasteiger partial charge in [-0.25, -0.2) is 4.98 Å². The maximum atomic E-state index is 14.1. The molecule has 11 heteroatoms. The Bertz CT molecular complexity index is 1310. The number of thiophene rings is 1. The predicted octanol–water partition coefficient (Wildman–Crippen LogP) is 3.71. The first-order valence-corrected chi connectivity index (χ1v) is 15.0. The highest BCUT2D eigenvalue weighted by Gasteiger charge is 2.35. The quantitative estimate of drug-likeness (QED) is 0.430. The summed E-state index contributed by atoms with van der Waals surface area (Å²) < 4.78 is 17.7. The molecule has 0 amide bonds. The standard InChI is InChI=1S/C29H38N6O4S/c1-3-6-19(27(36)18-8-4-9-23-25(18)20(14-30)28(32)40-23)26(31)29-33-21(22-16-37-11-12-38-22)13-24(34-29)39-15-17-7-5-10-35(17)2/h13,17-18,22H,3-12,15-16,31-32H2,1-2H3/b26-19-/t17-,18-,22?/m0/s1. The van der Waals surface area contributed by atoms with Crippen LogP contribution < -0.4 is 16.2 Å². The molecule has 2 aromatic rings. The molecule has 3 atom stereocenters. The normalized spacial score (nSPS) is 23.8. The van der Waals surface area contributed by atoms with Crippen molar-refractivity contribution in [2.75, 3.05) is 45.8 Å². The summed E-state index contributed by atoms with van der Waals surface area (Å²) >= 11 is 1.41. The third kappa shape index (κ3) is 5.86. The van der Waals surface area contributed by atoms with Crippen LogP contribution in [0.1, 0.15) is 85.0 Å². The van der Waals surface area contributed by atoms with E-state index in [-0.39, 0.29) is 23.4 Å². The second kappa shape index (κ2) is 12.6. The number of nitrogens with two attached hydrogens (primary N) is 2. The maximum Gasteiger partial charge on any atom is 0.217 e. The lowest BCUT2D eigenvalue weighted by Gasteiger charge is -2.25. The summed E-state index contributed by atoms with van der Waals surface area (Å²) in [4.78, 5) is 26.9. The minimum absolute atomic E-state index is 0.0871. The summed E-state index contributed by atoms with van der Waals surface area (Å²) in [6.07, 6.45) is 5.34. The molecule has 4 N–H and O–H groups in total. The van der Waals surface area contributed by atoms with Crippen LogP contribution in [0.3, 0.4) is 0 Å². The molecule has 2 aromatic heterocycles. The van der Waals surface area contributed by atoms with E-state index in [1.807, 2.05) is 6.92 Å². The number of likely N-dealkylation sites (tertiary alicyclic amines) is 1. The number of aryl methyl sites for hydroxylation is 1. The summed E-state index contributed by atoms with van der Waals surface area (Å²) in [6.45, 7) is 4.92. The number of ketones is 1. The lowest BCUT2D eigenvalue weighted by molar-refractivity contribution is -0.117. The molecule has 1 aliphatic carbocycles. The van der Waals surface area contributed by atoms with Gasteiger partial charge in [0, 0.05) is 28.5 Å². The van der Waals surface area contributed by atoms with Crippen LogP contribution in [0, 0.1) is 11.3 Å². The minimum atomic E-state index is -0.459. The van der Waals surface area contributed by atoms with Crippen LogP contribution in [0.4, 0.5) is 5.00 Å². The first-order valence-electron chi connectivity index (χ1n) is 14.2. The highest BCUT2D eigenvalue weighted by atomic mass is 32.1. The number of rotatable bonds is 9. The van der Waals surface area contributed by atoms with Crippen molar-refractivity contribution in [3.63, 3.8) is 0 Å². The molecule has 5 rings (SSSR count). The second-order valence-electron chi connectivity index (χ2n) is 10.7. The van der Waals surface area contributed by atoms with Gasteiger partial charge < -0.3 is 30.6 Å². The van der Waals surface area contributed by atoms with Crippen LogP contribution in [-0.2, 0) is 20.7 Å². The Morgan fingerprint density at radius 3 is 2.85 bits per heavy atom. The van der Waals surface area contributed by atoms with Gasteiger partial charge in [0.1, 0.15) is 23.8 Å². The van der Waals surface area contributed by atoms with Crippen LogP contribution >= 0.6 is 11.3 Å². The zero-order valence-corrected chi connectivity index (χ0v) is 24.1. The van der Waals surface area contributed by atoms with E-state index in [9.17, 15) is 10.1 Å². The highest BCUT2D eigenvalue weighted by Crippen LogP contribution is 2.44. The number of nitriles is 1. The number of Topliss-reactive ketones (excluding diaryl/α,β-unsaturated/α-hetero) is 1. The van der Waals surface area contributed by atoms with Crippen molar-refractivity contribution >= 4 is 27.8 Å². The lowest BCUT2D eigenvalue weighted by atomic mass is 9.79. The summed E-state index contributed by atoms with van der Waals surface area (Å²) in [5.41, 5.74) is 15.4. The molecule has 2 aliphatic heterocycles. The van der Waals surface area contributed by atoms with Crippen molar-refractivity contribution in [2.45, 2.75) is 69.9 Å². The SMILES string of the molecule is CCC/C(C(=O)[C@H]1CCCc2sc(N)c(C#N)c21)=C(/N)c1nc(OC[C@@H]2CCCN2C)cc(C2COCCO2)n1. The van der Waals surface area contributed by atoms with Gasteiger partial charge >= 0.3 is 0 Å². The van der Waals surface area contributed by atoms with E-state index >= 15 is 0 Å². The van der Waals surface area contributed by atoms with Crippen LogP contribution in [0.15, 0.2) is 11.6 Å². The Labute approximate surface area is 239 Å². The van der Waals surface area contributed by atoms with Crippen molar-refractivity contribution in [1.29, 1.82) is 5.26 Å². The minimum Gasteiger partial charge on any atom is -0.476 e. The van der Waals surface area contributed by atoms with Crippen LogP contribution in [0.25, 0.3) is 5.70 Å². The van der Waals surface area contributed by atoms with Crippen molar-refractivity contribution in [3.8, 4) is 11.9 Å². The number of likely N-dealkylation sites (N-methyl/N-ethyl adjacent to an activating group) is 1. The molecule has 214 valence electrons. The van der Waals surface area contributed by atoms with Gasteiger partial charge in [0.15, 0.2) is 11.6 Å². The van der Waals surface area contributed by atoms with Gasteiger partial charge in [0.05, 0.1) is 36.8 Å². The summed E-state index contributed by atoms with van der Waals surface area (Å²) in [6, 6.07) is 4.33. The van der Waals surface area contributed by atoms with Crippen LogP contribution in [0.5, 0.6) is 5.88 Å². The summed E-state index contributed by atoms with van der Waals surface area (Å²) in [5, 5.41) is 10.3. The van der Waals surface area contributed by atoms with Gasteiger partial charge in [-0.3, -0.25) is 4.79 Å². The van der Waals surface area contributed by atoms with Crippen molar-refractivity contribution in [1.82, 2.24) is 14.9 Å². The number of carbonyl (C=O) groups is 1. The molecule has 40 heavy (non-hydrogen) atoms. The number of fused-ring (bicyclic) bond motifs is 1. The molecule has 2 fully saturated rings. The molecule has 0 spiro atoms. The van der Waals surface area contributed by atoms with Gasteiger partial charge in [-0.2, -0.15) is 10.2 Å². The second-order valence-corrected chi connectivity index (χ2v) is 11.9. The number of hydrogen-bond donors (Lipinski definition) is 2. The Balaban J connectivity index is 1.52. The number of ether oxygens (including phenoxy) is 3. The predicted molar refractivity (Wildman–Crippen MR) is 153 cm³/mol. The summed E-state index contributed by atoms with van der Waals surface area (Å²) in [5.74, 6) is 0.104. The number of carbonyl (C=O) groups excluding carboxylic acids is 1. The average molecular weight is 567 g/mol. The van der Waals surface area contributed by atoms with Crippen molar-refractivity contribution in [2.24, 2.45) is 5.73 Å². The Kier molecular flexibility index (Phi) is 9.00. The first kappa shape index (κ1) is 28.5. The van der Waals surface area contributed by atoms with Crippen LogP contribution in [0.2, 0.25) is 0 Å². The molecule has 3 aliphatic rings. The van der Waals surface area contributed by atoms with Gasteiger partial charge in [-0.15, -0.1) is 11.3 Å². The largest absolute Gasteiger partial charge is 0.476 e. The van der Waals surface area contributed by atoms with E-state index in [1.54, 1.807) is 6.07 Å². The van der Waals surface area contributed by atoms with Crippen LogP contribution in [-0.4, -0.2) is 66.7 Å². The number of allylic oxidation sites excluding steroid dienone is 1. The van der Waals surface area contributed by atoms with Gasteiger partial charge in [0.2, 0.25) is 5.88 Å². The molecule has 0 bridgehead atoms. The number of anilines is 1. The number of aromatic nitrogens is 2. The van der Waals surface area contributed by atoms with E-state index in [4.69, 9.17) is 30.7 Å². The monoisotopic (exact) mass is 566 g/mol. The molecule has 0 saturated carbocycles. The van der Waals surface area contributed by atoms with E-state index in [0.717, 1.165) is 49.1 Å². The van der Waals surface area contributed by atoms with E-state index in [0.29, 0.717) is 73.0 Å². The number of hydrogen-bond acceptors (Lipinski definition) is 11. The Morgan fingerprint density at radius 1 is 1.30 bits per heavy atom. The topological polar surface area (TPSA) is 150 Å². The molecule has 1 unspecified atom stereocenters. The third-order valence-corrected chi connectivity index (χ3v) is 9.14. The fourth-order valence-electron chi connectivity index (χ4n) is 5.87. The molecule has 0 radical (unpaired) electrons. The van der Waals surface area contributed by atoms with Crippen molar-refractivity contribution < 1.29 is 19.0 Å². The zero-order valence-electron chi connectivity index (χ0n) is 23.3. The smallest absolute Gasteiger partial charge is 0.217 e. The molecule has 10 nitrogen and oxygen atoms in total. The van der Waals surface area contributed by atoms with Gasteiger partial charge in [0.25, 0.3) is 0 Å². The number of nitrogen functional groups attached to an aromatic ring is 1. The van der Waals surface area contributed by atoms with E-state index in [2.05, 4.69) is 23.0 Å². The Morgan fingerprint density at radius 2 is 2.15 bits per heavy atom. The molecule has 2 saturated heterocycles. The zero-order chi connectivity index (χ0) is 28.2. The van der Waals surface area contributed by atoms with E-state index < -0.39 is 5.92 Å². The third-order valence-electron chi connectivity index (χ3n) is 8.05.